The molecule has 0 aliphatic rings. The van der Waals surface area contributed by atoms with Gasteiger partial charge >= 0.3 is 0 Å². The summed E-state index contributed by atoms with van der Waals surface area (Å²) >= 11 is 0. The van der Waals surface area contributed by atoms with Crippen molar-refractivity contribution in [2.24, 2.45) is 5.92 Å². The van der Waals surface area contributed by atoms with Gasteiger partial charge in [0.1, 0.15) is 0 Å². The molecule has 0 fully saturated rings. The summed E-state index contributed by atoms with van der Waals surface area (Å²) in [6.07, 6.45) is 1.78. The topological polar surface area (TPSA) is 35.5 Å². The minimum absolute atomic E-state index is 0.207. The average Bonchev–Trinajstić information content (AvgIpc) is 2.11. The van der Waals surface area contributed by atoms with Gasteiger partial charge in [0.05, 0.1) is 6.10 Å². The molecule has 0 heterocycles. The molecule has 0 aliphatic carbocycles. The average molecular weight is 216 g/mol. The summed E-state index contributed by atoms with van der Waals surface area (Å²) < 4.78 is 0. The molecule has 2 atom stereocenters. The molecule has 0 saturated heterocycles. The third kappa shape index (κ3) is 8.85. The van der Waals surface area contributed by atoms with E-state index in [1.165, 1.54) is 0 Å². The number of nitrogens with one attached hydrogen (secondary N) is 1. The van der Waals surface area contributed by atoms with Crippen molar-refractivity contribution in [3.05, 3.63) is 0 Å². The van der Waals surface area contributed by atoms with Crippen molar-refractivity contribution in [2.45, 2.75) is 45.8 Å². The molecular weight excluding hydrogens is 188 g/mol. The predicted molar refractivity (Wildman–Crippen MR) is 66.1 cm³/mol. The molecule has 3 nitrogen and oxygen atoms in total. The fourth-order valence-electron chi connectivity index (χ4n) is 1.68. The van der Waals surface area contributed by atoms with Gasteiger partial charge in [-0.05, 0) is 32.9 Å². The Kier molecular flexibility index (Phi) is 8.02. The van der Waals surface area contributed by atoms with Crippen LogP contribution in [0.5, 0.6) is 0 Å². The summed E-state index contributed by atoms with van der Waals surface area (Å²) in [5.74, 6) is 0.696. The van der Waals surface area contributed by atoms with E-state index in [1.54, 1.807) is 0 Å². The number of likely N-dealkylation sites (N-methyl/N-ethyl adjacent to an activating group) is 1. The minimum Gasteiger partial charge on any atom is -0.392 e. The second-order valence-corrected chi connectivity index (χ2v) is 5.06. The van der Waals surface area contributed by atoms with Crippen molar-refractivity contribution in [3.8, 4) is 0 Å². The van der Waals surface area contributed by atoms with E-state index in [1.807, 2.05) is 6.92 Å². The number of rotatable bonds is 8. The number of hydrogen-bond acceptors (Lipinski definition) is 3. The Balaban J connectivity index is 3.89. The van der Waals surface area contributed by atoms with Gasteiger partial charge in [-0.15, -0.1) is 0 Å². The van der Waals surface area contributed by atoms with Crippen molar-refractivity contribution >= 4 is 0 Å². The Morgan fingerprint density at radius 1 is 1.27 bits per heavy atom. The third-order valence-electron chi connectivity index (χ3n) is 2.45. The lowest BCUT2D eigenvalue weighted by molar-refractivity contribution is 0.157. The van der Waals surface area contributed by atoms with Gasteiger partial charge in [-0.3, -0.25) is 0 Å². The van der Waals surface area contributed by atoms with Crippen molar-refractivity contribution in [2.75, 3.05) is 27.2 Å². The molecular formula is C12H28N2O. The normalized spacial score (nSPS) is 16.0. The first-order valence-corrected chi connectivity index (χ1v) is 6.01. The maximum Gasteiger partial charge on any atom is 0.0662 e. The van der Waals surface area contributed by atoms with E-state index in [-0.39, 0.29) is 6.10 Å². The Morgan fingerprint density at radius 3 is 2.27 bits per heavy atom. The second kappa shape index (κ2) is 8.08. The summed E-state index contributed by atoms with van der Waals surface area (Å²) in [6.45, 7) is 8.23. The number of nitrogens with zero attached hydrogens (tertiary/aromatic N) is 1. The molecule has 92 valence electrons. The maximum absolute atomic E-state index is 9.50. The monoisotopic (exact) mass is 216 g/mol. The number of aliphatic hydroxyl groups is 1. The van der Waals surface area contributed by atoms with Gasteiger partial charge in [0.2, 0.25) is 0 Å². The minimum atomic E-state index is -0.207. The van der Waals surface area contributed by atoms with E-state index >= 15 is 0 Å². The molecule has 0 saturated carbocycles. The zero-order valence-electron chi connectivity index (χ0n) is 11.0. The van der Waals surface area contributed by atoms with Gasteiger partial charge in [-0.1, -0.05) is 20.8 Å². The van der Waals surface area contributed by atoms with E-state index in [4.69, 9.17) is 0 Å². The van der Waals surface area contributed by atoms with Crippen LogP contribution in [0.1, 0.15) is 33.6 Å². The van der Waals surface area contributed by atoms with Crippen molar-refractivity contribution in [1.82, 2.24) is 10.2 Å². The van der Waals surface area contributed by atoms with E-state index < -0.39 is 0 Å². The van der Waals surface area contributed by atoms with E-state index in [9.17, 15) is 5.11 Å². The Labute approximate surface area is 94.9 Å². The molecule has 0 aliphatic heterocycles. The highest BCUT2D eigenvalue weighted by Gasteiger charge is 2.12. The fraction of sp³-hybridized carbons (Fsp3) is 1.00. The zero-order chi connectivity index (χ0) is 11.8. The number of aliphatic hydroxyl groups excluding tert-OH is 1. The molecule has 0 rings (SSSR count). The van der Waals surface area contributed by atoms with Gasteiger partial charge in [-0.2, -0.15) is 0 Å². The molecule has 3 heteroatoms. The van der Waals surface area contributed by atoms with Crippen molar-refractivity contribution < 1.29 is 5.11 Å². The third-order valence-corrected chi connectivity index (χ3v) is 2.45. The van der Waals surface area contributed by atoms with Gasteiger partial charge < -0.3 is 15.3 Å². The zero-order valence-corrected chi connectivity index (χ0v) is 11.0. The second-order valence-electron chi connectivity index (χ2n) is 5.06. The van der Waals surface area contributed by atoms with Gasteiger partial charge in [-0.25, -0.2) is 0 Å². The lowest BCUT2D eigenvalue weighted by Crippen LogP contribution is -2.42. The van der Waals surface area contributed by atoms with Gasteiger partial charge in [0, 0.05) is 19.1 Å². The van der Waals surface area contributed by atoms with E-state index in [2.05, 4.69) is 38.2 Å². The lowest BCUT2D eigenvalue weighted by Gasteiger charge is -2.25. The molecule has 0 aromatic carbocycles. The largest absolute Gasteiger partial charge is 0.392 e. The summed E-state index contributed by atoms with van der Waals surface area (Å²) in [7, 11) is 4.18. The highest BCUT2D eigenvalue weighted by atomic mass is 16.3. The van der Waals surface area contributed by atoms with Crippen LogP contribution in [0.25, 0.3) is 0 Å². The standard InChI is InChI=1S/C12H28N2O/c1-6-12(15)8-13-11(7-10(2)3)9-14(4)5/h10-13,15H,6-9H2,1-5H3. The summed E-state index contributed by atoms with van der Waals surface area (Å²) in [5.41, 5.74) is 0. The highest BCUT2D eigenvalue weighted by Crippen LogP contribution is 2.05. The van der Waals surface area contributed by atoms with E-state index in [0.29, 0.717) is 18.5 Å². The molecule has 0 aromatic heterocycles. The van der Waals surface area contributed by atoms with Crippen LogP contribution >= 0.6 is 0 Å². The van der Waals surface area contributed by atoms with Crippen molar-refractivity contribution in [1.29, 1.82) is 0 Å². The van der Waals surface area contributed by atoms with Crippen LogP contribution in [-0.4, -0.2) is 49.3 Å². The predicted octanol–water partition coefficient (Wildman–Crippen LogP) is 1.32. The molecule has 0 spiro atoms. The van der Waals surface area contributed by atoms with Crippen LogP contribution in [0.3, 0.4) is 0 Å². The maximum atomic E-state index is 9.50. The first-order valence-electron chi connectivity index (χ1n) is 6.01. The SMILES string of the molecule is CCC(O)CNC(CC(C)C)CN(C)C. The van der Waals surface area contributed by atoms with Crippen molar-refractivity contribution in [3.63, 3.8) is 0 Å². The summed E-state index contributed by atoms with van der Waals surface area (Å²) in [4.78, 5) is 2.19. The van der Waals surface area contributed by atoms with Crippen LogP contribution in [0.4, 0.5) is 0 Å². The van der Waals surface area contributed by atoms with Crippen LogP contribution in [0.2, 0.25) is 0 Å². The molecule has 0 bridgehead atoms. The Bertz CT molecular complexity index is 139. The summed E-state index contributed by atoms with van der Waals surface area (Å²) in [5, 5.41) is 12.9. The summed E-state index contributed by atoms with van der Waals surface area (Å²) in [6, 6.07) is 0.487. The number of hydrogen-bond donors (Lipinski definition) is 2. The molecule has 0 amide bonds. The first kappa shape index (κ1) is 14.9. The molecule has 0 radical (unpaired) electrons. The Morgan fingerprint density at radius 2 is 1.87 bits per heavy atom. The van der Waals surface area contributed by atoms with Gasteiger partial charge in [0.15, 0.2) is 0 Å². The van der Waals surface area contributed by atoms with E-state index in [0.717, 1.165) is 19.4 Å². The lowest BCUT2D eigenvalue weighted by atomic mass is 10.0. The Hall–Kier alpha value is -0.120. The van der Waals surface area contributed by atoms with Crippen LogP contribution in [-0.2, 0) is 0 Å². The first-order chi connectivity index (χ1) is 6.95. The molecule has 0 aromatic rings. The van der Waals surface area contributed by atoms with Crippen LogP contribution in [0, 0.1) is 5.92 Å². The molecule has 15 heavy (non-hydrogen) atoms. The highest BCUT2D eigenvalue weighted by molar-refractivity contribution is 4.72. The quantitative estimate of drug-likeness (QED) is 0.642. The smallest absolute Gasteiger partial charge is 0.0662 e. The van der Waals surface area contributed by atoms with Crippen LogP contribution in [0.15, 0.2) is 0 Å². The van der Waals surface area contributed by atoms with Crippen LogP contribution < -0.4 is 5.32 Å². The molecule has 2 N–H and O–H groups in total. The van der Waals surface area contributed by atoms with Gasteiger partial charge in [0.25, 0.3) is 0 Å². The fourth-order valence-corrected chi connectivity index (χ4v) is 1.68. The molecule has 2 unspecified atom stereocenters.